The lowest BCUT2D eigenvalue weighted by Crippen LogP contribution is -2.43. The number of nitrogens with one attached hydrogen (secondary N) is 1. The van der Waals surface area contributed by atoms with Gasteiger partial charge in [-0.2, -0.15) is 0 Å². The maximum absolute atomic E-state index is 11.5. The molecule has 1 fully saturated rings. The fourth-order valence-electron chi connectivity index (χ4n) is 1.75. The van der Waals surface area contributed by atoms with E-state index in [4.69, 9.17) is 12.2 Å². The van der Waals surface area contributed by atoms with E-state index in [2.05, 4.69) is 11.2 Å². The quantitative estimate of drug-likeness (QED) is 0.599. The Morgan fingerprint density at radius 3 is 2.85 bits per heavy atom. The van der Waals surface area contributed by atoms with Crippen LogP contribution < -0.4 is 11.1 Å². The van der Waals surface area contributed by atoms with Crippen LogP contribution in [-0.4, -0.2) is 18.5 Å². The molecule has 0 aliphatic heterocycles. The van der Waals surface area contributed by atoms with Crippen molar-refractivity contribution in [3.8, 4) is 12.3 Å². The van der Waals surface area contributed by atoms with Crippen LogP contribution in [0.4, 0.5) is 0 Å². The lowest BCUT2D eigenvalue weighted by Gasteiger charge is -2.27. The summed E-state index contributed by atoms with van der Waals surface area (Å²) >= 11 is 0. The van der Waals surface area contributed by atoms with Crippen molar-refractivity contribution >= 4 is 5.91 Å². The van der Waals surface area contributed by atoms with Gasteiger partial charge in [0.1, 0.15) is 0 Å². The van der Waals surface area contributed by atoms with E-state index in [1.54, 1.807) is 0 Å². The molecule has 0 saturated heterocycles. The van der Waals surface area contributed by atoms with Gasteiger partial charge in [0.25, 0.3) is 0 Å². The van der Waals surface area contributed by atoms with Crippen LogP contribution in [0.3, 0.4) is 0 Å². The molecule has 3 heteroatoms. The van der Waals surface area contributed by atoms with Crippen molar-refractivity contribution in [2.45, 2.75) is 31.7 Å². The Morgan fingerprint density at radius 2 is 2.23 bits per heavy atom. The van der Waals surface area contributed by atoms with Gasteiger partial charge in [0.05, 0.1) is 12.5 Å². The first-order valence-corrected chi connectivity index (χ1v) is 4.72. The highest BCUT2D eigenvalue weighted by atomic mass is 16.1. The fourth-order valence-corrected chi connectivity index (χ4v) is 1.75. The van der Waals surface area contributed by atoms with Crippen molar-refractivity contribution < 1.29 is 4.79 Å². The molecule has 0 aromatic carbocycles. The van der Waals surface area contributed by atoms with Crippen LogP contribution in [0.1, 0.15) is 25.7 Å². The third-order valence-electron chi connectivity index (χ3n) is 2.52. The predicted octanol–water partition coefficient (Wildman–Crippen LogP) is 0.253. The third-order valence-corrected chi connectivity index (χ3v) is 2.52. The Bertz CT molecular complexity index is 219. The second-order valence-corrected chi connectivity index (χ2v) is 3.48. The molecule has 0 spiro atoms. The Hall–Kier alpha value is -1.01. The highest BCUT2D eigenvalue weighted by Crippen LogP contribution is 2.22. The van der Waals surface area contributed by atoms with Crippen molar-refractivity contribution in [1.29, 1.82) is 0 Å². The molecule has 13 heavy (non-hydrogen) atoms. The molecular formula is C10H16N2O. The summed E-state index contributed by atoms with van der Waals surface area (Å²) in [6.07, 6.45) is 9.14. The molecule has 1 rings (SSSR count). The van der Waals surface area contributed by atoms with Crippen LogP contribution in [0.15, 0.2) is 0 Å². The summed E-state index contributed by atoms with van der Waals surface area (Å²) < 4.78 is 0. The zero-order chi connectivity index (χ0) is 9.68. The van der Waals surface area contributed by atoms with E-state index >= 15 is 0 Å². The first kappa shape index (κ1) is 10.1. The second-order valence-electron chi connectivity index (χ2n) is 3.48. The minimum Gasteiger partial charge on any atom is -0.345 e. The summed E-state index contributed by atoms with van der Waals surface area (Å²) in [5.74, 6) is 2.37. The number of amides is 1. The molecule has 0 bridgehead atoms. The van der Waals surface area contributed by atoms with Crippen molar-refractivity contribution in [2.75, 3.05) is 6.54 Å². The Morgan fingerprint density at radius 1 is 1.54 bits per heavy atom. The predicted molar refractivity (Wildman–Crippen MR) is 51.8 cm³/mol. The van der Waals surface area contributed by atoms with Gasteiger partial charge >= 0.3 is 0 Å². The van der Waals surface area contributed by atoms with Gasteiger partial charge in [-0.1, -0.05) is 18.8 Å². The molecule has 3 N–H and O–H groups in total. The van der Waals surface area contributed by atoms with Gasteiger partial charge in [-0.15, -0.1) is 6.42 Å². The molecule has 1 aliphatic rings. The highest BCUT2D eigenvalue weighted by Gasteiger charge is 2.27. The smallest absolute Gasteiger partial charge is 0.225 e. The SMILES string of the molecule is C#CCNC(=O)[C@H]1CCCC[C@H]1N. The molecule has 1 amide bonds. The number of nitrogens with two attached hydrogens (primary N) is 1. The van der Waals surface area contributed by atoms with E-state index in [9.17, 15) is 4.79 Å². The van der Waals surface area contributed by atoms with Gasteiger partial charge in [0.15, 0.2) is 0 Å². The highest BCUT2D eigenvalue weighted by molar-refractivity contribution is 5.79. The Balaban J connectivity index is 2.40. The van der Waals surface area contributed by atoms with Crippen LogP contribution in [0.25, 0.3) is 0 Å². The van der Waals surface area contributed by atoms with Crippen molar-refractivity contribution in [3.05, 3.63) is 0 Å². The molecule has 0 aromatic rings. The van der Waals surface area contributed by atoms with Crippen LogP contribution >= 0.6 is 0 Å². The van der Waals surface area contributed by atoms with E-state index in [0.29, 0.717) is 6.54 Å². The van der Waals surface area contributed by atoms with Gasteiger partial charge < -0.3 is 11.1 Å². The van der Waals surface area contributed by atoms with Crippen LogP contribution in [0, 0.1) is 18.3 Å². The summed E-state index contributed by atoms with van der Waals surface area (Å²) in [5.41, 5.74) is 5.84. The molecule has 3 nitrogen and oxygen atoms in total. The monoisotopic (exact) mass is 180 g/mol. The number of rotatable bonds is 2. The maximum Gasteiger partial charge on any atom is 0.225 e. The fraction of sp³-hybridized carbons (Fsp3) is 0.700. The first-order valence-electron chi connectivity index (χ1n) is 4.72. The summed E-state index contributed by atoms with van der Waals surface area (Å²) in [6.45, 7) is 0.308. The molecule has 2 atom stereocenters. The average Bonchev–Trinajstić information content (AvgIpc) is 2.15. The van der Waals surface area contributed by atoms with Crippen LogP contribution in [0.2, 0.25) is 0 Å². The number of terminal acetylenes is 1. The van der Waals surface area contributed by atoms with E-state index in [0.717, 1.165) is 25.7 Å². The van der Waals surface area contributed by atoms with Gasteiger partial charge in [-0.05, 0) is 12.8 Å². The molecule has 0 aromatic heterocycles. The Kier molecular flexibility index (Phi) is 3.78. The molecule has 72 valence electrons. The summed E-state index contributed by atoms with van der Waals surface area (Å²) in [6, 6.07) is 0.0199. The lowest BCUT2D eigenvalue weighted by molar-refractivity contribution is -0.126. The second kappa shape index (κ2) is 4.88. The average molecular weight is 180 g/mol. The van der Waals surface area contributed by atoms with Crippen LogP contribution in [-0.2, 0) is 4.79 Å². The van der Waals surface area contributed by atoms with Gasteiger partial charge in [0.2, 0.25) is 5.91 Å². The van der Waals surface area contributed by atoms with Gasteiger partial charge in [0, 0.05) is 6.04 Å². The number of hydrogen-bond acceptors (Lipinski definition) is 2. The first-order chi connectivity index (χ1) is 6.25. The molecule has 1 saturated carbocycles. The van der Waals surface area contributed by atoms with E-state index < -0.39 is 0 Å². The zero-order valence-corrected chi connectivity index (χ0v) is 7.75. The summed E-state index contributed by atoms with van der Waals surface area (Å²) in [5, 5.41) is 2.68. The summed E-state index contributed by atoms with van der Waals surface area (Å²) in [7, 11) is 0. The zero-order valence-electron chi connectivity index (χ0n) is 7.75. The van der Waals surface area contributed by atoms with E-state index in [1.165, 1.54) is 0 Å². The largest absolute Gasteiger partial charge is 0.345 e. The van der Waals surface area contributed by atoms with E-state index in [-0.39, 0.29) is 17.9 Å². The standard InChI is InChI=1S/C10H16N2O/c1-2-7-12-10(13)8-5-3-4-6-9(8)11/h1,8-9H,3-7,11H2,(H,12,13)/t8-,9+/m0/s1. The Labute approximate surface area is 79.1 Å². The van der Waals surface area contributed by atoms with Crippen molar-refractivity contribution in [3.63, 3.8) is 0 Å². The third kappa shape index (κ3) is 2.74. The van der Waals surface area contributed by atoms with Crippen molar-refractivity contribution in [1.82, 2.24) is 5.32 Å². The molecule has 1 aliphatic carbocycles. The lowest BCUT2D eigenvalue weighted by atomic mass is 9.84. The minimum atomic E-state index is -0.0258. The number of carbonyl (C=O) groups is 1. The molecule has 0 radical (unpaired) electrons. The normalized spacial score (nSPS) is 27.7. The van der Waals surface area contributed by atoms with Gasteiger partial charge in [-0.25, -0.2) is 0 Å². The molecule has 0 unspecified atom stereocenters. The summed E-state index contributed by atoms with van der Waals surface area (Å²) in [4.78, 5) is 11.5. The van der Waals surface area contributed by atoms with Gasteiger partial charge in [-0.3, -0.25) is 4.79 Å². The minimum absolute atomic E-state index is 0.0187. The van der Waals surface area contributed by atoms with Crippen LogP contribution in [0.5, 0.6) is 0 Å². The maximum atomic E-state index is 11.5. The number of carbonyl (C=O) groups excluding carboxylic acids is 1. The molecule has 0 heterocycles. The topological polar surface area (TPSA) is 55.1 Å². The molecular weight excluding hydrogens is 164 g/mol. The number of hydrogen-bond donors (Lipinski definition) is 2. The van der Waals surface area contributed by atoms with E-state index in [1.807, 2.05) is 0 Å². The van der Waals surface area contributed by atoms with Crippen molar-refractivity contribution in [2.24, 2.45) is 11.7 Å².